The Balaban J connectivity index is 1.28. The molecule has 2 aromatic heterocycles. The standard InChI is InChI=1S/C47H29NO2/c1-28-11-10-20-45-46(28)41-27-42(36-16-6-7-18-38(36)47(41)50-45)48(30-22-24-44-40(26-30)37-17-8-9-19-43(37)49-44)29-21-23-35-33-14-3-2-12-31(33)32-13-4-5-15-34(32)39(35)25-29/h2-27H,1H3/i1D3. The maximum absolute atomic E-state index is 8.44. The van der Waals surface area contributed by atoms with Crippen LogP contribution in [0.15, 0.2) is 167 Å². The Hall–Kier alpha value is -6.58. The molecule has 11 aromatic rings. The molecule has 0 N–H and O–H groups in total. The average molecular weight is 643 g/mol. The van der Waals surface area contributed by atoms with Gasteiger partial charge in [0.05, 0.1) is 5.69 Å². The van der Waals surface area contributed by atoms with Crippen LogP contribution in [0.1, 0.15) is 9.68 Å². The summed E-state index contributed by atoms with van der Waals surface area (Å²) < 4.78 is 38.1. The third kappa shape index (κ3) is 3.80. The number of hydrogen-bond acceptors (Lipinski definition) is 3. The van der Waals surface area contributed by atoms with Gasteiger partial charge < -0.3 is 13.7 Å². The van der Waals surface area contributed by atoms with Gasteiger partial charge in [-0.3, -0.25) is 0 Å². The van der Waals surface area contributed by atoms with E-state index in [2.05, 4.69) is 108 Å². The summed E-state index contributed by atoms with van der Waals surface area (Å²) in [7, 11) is 0. The van der Waals surface area contributed by atoms with Gasteiger partial charge >= 0.3 is 0 Å². The molecular formula is C47H29NO2. The summed E-state index contributed by atoms with van der Waals surface area (Å²) in [4.78, 5) is 2.29. The molecule has 0 aliphatic carbocycles. The van der Waals surface area contributed by atoms with E-state index in [0.29, 0.717) is 16.6 Å². The van der Waals surface area contributed by atoms with Crippen LogP contribution in [0.25, 0.3) is 87.0 Å². The Morgan fingerprint density at radius 2 is 0.960 bits per heavy atom. The van der Waals surface area contributed by atoms with E-state index in [9.17, 15) is 0 Å². The van der Waals surface area contributed by atoms with Gasteiger partial charge in [0, 0.05) is 47.8 Å². The van der Waals surface area contributed by atoms with Crippen LogP contribution in [0.4, 0.5) is 17.1 Å². The number of hydrogen-bond donors (Lipinski definition) is 0. The SMILES string of the molecule is [2H]C([2H])([2H])c1cccc2oc3c4ccccc4c(N(c4ccc5oc6ccccc6c5c4)c4ccc5c6ccccc6c6ccccc6c5c4)cc3c12. The molecule has 11 rings (SSSR count). The van der Waals surface area contributed by atoms with Crippen molar-refractivity contribution >= 4 is 104 Å². The fourth-order valence-corrected chi connectivity index (χ4v) is 8.13. The quantitative estimate of drug-likeness (QED) is 0.180. The molecule has 3 nitrogen and oxygen atoms in total. The molecule has 0 saturated carbocycles. The normalized spacial score (nSPS) is 13.2. The van der Waals surface area contributed by atoms with Gasteiger partial charge in [0.15, 0.2) is 0 Å². The Morgan fingerprint density at radius 3 is 1.70 bits per heavy atom. The minimum absolute atomic E-state index is 0.275. The number of fused-ring (bicyclic) bond motifs is 14. The van der Waals surface area contributed by atoms with E-state index >= 15 is 0 Å². The molecule has 3 heteroatoms. The largest absolute Gasteiger partial charge is 0.456 e. The molecule has 0 spiro atoms. The van der Waals surface area contributed by atoms with Crippen molar-refractivity contribution in [2.24, 2.45) is 0 Å². The molecule has 0 saturated heterocycles. The number of anilines is 3. The summed E-state index contributed by atoms with van der Waals surface area (Å²) in [5, 5.41) is 12.5. The van der Waals surface area contributed by atoms with Crippen LogP contribution in [0, 0.1) is 6.85 Å². The molecule has 234 valence electrons. The van der Waals surface area contributed by atoms with Gasteiger partial charge in [0.2, 0.25) is 0 Å². The molecule has 0 amide bonds. The highest BCUT2D eigenvalue weighted by Gasteiger charge is 2.22. The number of nitrogens with zero attached hydrogens (tertiary/aromatic N) is 1. The third-order valence-corrected chi connectivity index (χ3v) is 10.3. The van der Waals surface area contributed by atoms with Crippen LogP contribution in [0.3, 0.4) is 0 Å². The second kappa shape index (κ2) is 10.2. The zero-order valence-electron chi connectivity index (χ0n) is 29.8. The van der Waals surface area contributed by atoms with E-state index in [-0.39, 0.29) is 5.56 Å². The topological polar surface area (TPSA) is 29.5 Å². The molecule has 9 aromatic carbocycles. The zero-order chi connectivity index (χ0) is 35.4. The highest BCUT2D eigenvalue weighted by atomic mass is 16.3. The van der Waals surface area contributed by atoms with Crippen molar-refractivity contribution in [3.63, 3.8) is 0 Å². The average Bonchev–Trinajstić information content (AvgIpc) is 3.76. The number of rotatable bonds is 3. The van der Waals surface area contributed by atoms with E-state index in [1.807, 2.05) is 42.5 Å². The van der Waals surface area contributed by atoms with Crippen molar-refractivity contribution in [2.75, 3.05) is 4.90 Å². The third-order valence-electron chi connectivity index (χ3n) is 10.3. The summed E-state index contributed by atoms with van der Waals surface area (Å²) in [5.41, 5.74) is 5.98. The predicted molar refractivity (Wildman–Crippen MR) is 210 cm³/mol. The fourth-order valence-electron chi connectivity index (χ4n) is 8.13. The maximum atomic E-state index is 8.44. The molecule has 0 aliphatic heterocycles. The van der Waals surface area contributed by atoms with Crippen molar-refractivity contribution in [1.29, 1.82) is 0 Å². The fraction of sp³-hybridized carbons (Fsp3) is 0.0213. The number of benzene rings is 9. The van der Waals surface area contributed by atoms with Crippen LogP contribution in [-0.2, 0) is 0 Å². The second-order valence-corrected chi connectivity index (χ2v) is 13.0. The summed E-state index contributed by atoms with van der Waals surface area (Å²) in [5.74, 6) is 0. The molecule has 2 heterocycles. The number of aryl methyl sites for hydroxylation is 1. The lowest BCUT2D eigenvalue weighted by atomic mass is 9.93. The first kappa shape index (κ1) is 24.5. The van der Waals surface area contributed by atoms with E-state index in [4.69, 9.17) is 12.9 Å². The van der Waals surface area contributed by atoms with Gasteiger partial charge in [-0.25, -0.2) is 0 Å². The number of para-hydroxylation sites is 1. The minimum Gasteiger partial charge on any atom is -0.456 e. The molecule has 0 aliphatic rings. The predicted octanol–water partition coefficient (Wildman–Crippen LogP) is 13.9. The van der Waals surface area contributed by atoms with Gasteiger partial charge in [-0.05, 0) is 93.3 Å². The molecule has 0 unspecified atom stereocenters. The Bertz CT molecular complexity index is 3260. The van der Waals surface area contributed by atoms with Crippen LogP contribution in [0.2, 0.25) is 0 Å². The van der Waals surface area contributed by atoms with E-state index in [1.54, 1.807) is 12.1 Å². The van der Waals surface area contributed by atoms with Crippen molar-refractivity contribution in [3.05, 3.63) is 163 Å². The van der Waals surface area contributed by atoms with Crippen molar-refractivity contribution < 1.29 is 12.9 Å². The van der Waals surface area contributed by atoms with E-state index in [1.165, 1.54) is 26.9 Å². The Labute approximate surface area is 291 Å². The minimum atomic E-state index is -2.32. The molecular weight excluding hydrogens is 611 g/mol. The summed E-state index contributed by atoms with van der Waals surface area (Å²) >= 11 is 0. The van der Waals surface area contributed by atoms with Crippen LogP contribution < -0.4 is 4.90 Å². The second-order valence-electron chi connectivity index (χ2n) is 13.0. The highest BCUT2D eigenvalue weighted by molar-refractivity contribution is 6.26. The van der Waals surface area contributed by atoms with Gasteiger partial charge in [0.1, 0.15) is 22.3 Å². The maximum Gasteiger partial charge on any atom is 0.143 e. The van der Waals surface area contributed by atoms with Crippen molar-refractivity contribution in [2.45, 2.75) is 6.85 Å². The molecule has 0 atom stereocenters. The monoisotopic (exact) mass is 642 g/mol. The van der Waals surface area contributed by atoms with Gasteiger partial charge in [0.25, 0.3) is 0 Å². The van der Waals surface area contributed by atoms with E-state index < -0.39 is 6.85 Å². The first-order valence-electron chi connectivity index (χ1n) is 18.3. The first-order valence-corrected chi connectivity index (χ1v) is 16.8. The summed E-state index contributed by atoms with van der Waals surface area (Å²) in [6.07, 6.45) is 0. The van der Waals surface area contributed by atoms with Crippen molar-refractivity contribution in [3.8, 4) is 0 Å². The zero-order valence-corrected chi connectivity index (χ0v) is 26.8. The van der Waals surface area contributed by atoms with Crippen LogP contribution >= 0.6 is 0 Å². The number of furan rings is 2. The lowest BCUT2D eigenvalue weighted by Gasteiger charge is -2.28. The van der Waals surface area contributed by atoms with Crippen molar-refractivity contribution in [1.82, 2.24) is 0 Å². The van der Waals surface area contributed by atoms with Crippen LogP contribution in [-0.4, -0.2) is 0 Å². The Morgan fingerprint density at radius 1 is 0.400 bits per heavy atom. The summed E-state index contributed by atoms with van der Waals surface area (Å²) in [6.45, 7) is -2.32. The van der Waals surface area contributed by atoms with Gasteiger partial charge in [-0.15, -0.1) is 0 Å². The lowest BCUT2D eigenvalue weighted by Crippen LogP contribution is -2.10. The summed E-state index contributed by atoms with van der Waals surface area (Å²) in [6, 6.07) is 54.0. The van der Waals surface area contributed by atoms with E-state index in [0.717, 1.165) is 60.5 Å². The Kier molecular flexibility index (Phi) is 5.01. The molecule has 0 fully saturated rings. The lowest BCUT2D eigenvalue weighted by molar-refractivity contribution is 0.669. The highest BCUT2D eigenvalue weighted by Crippen LogP contribution is 2.47. The van der Waals surface area contributed by atoms with Crippen LogP contribution in [0.5, 0.6) is 0 Å². The smallest absolute Gasteiger partial charge is 0.143 e. The van der Waals surface area contributed by atoms with Gasteiger partial charge in [-0.1, -0.05) is 109 Å². The molecule has 0 radical (unpaired) electrons. The first-order chi connectivity index (χ1) is 25.9. The van der Waals surface area contributed by atoms with Gasteiger partial charge in [-0.2, -0.15) is 0 Å². The molecule has 50 heavy (non-hydrogen) atoms. The molecule has 0 bridgehead atoms.